The van der Waals surface area contributed by atoms with Crippen molar-refractivity contribution in [3.8, 4) is 0 Å². The largest absolute Gasteiger partial charge is 0.383 e. The molecule has 2 aromatic rings. The van der Waals surface area contributed by atoms with Crippen molar-refractivity contribution in [2.45, 2.75) is 12.5 Å². The van der Waals surface area contributed by atoms with E-state index in [9.17, 15) is 13.9 Å². The number of anilines is 1. The number of nitrogens with one attached hydrogen (secondary N) is 1. The number of rotatable bonds is 4. The van der Waals surface area contributed by atoms with E-state index in [1.807, 2.05) is 0 Å². The molecule has 2 N–H and O–H groups in total. The van der Waals surface area contributed by atoms with Gasteiger partial charge in [0.25, 0.3) is 0 Å². The second-order valence-electron chi connectivity index (χ2n) is 4.32. The molecule has 0 amide bonds. The smallest absolute Gasteiger partial charge is 0.222 e. The molecule has 1 aromatic heterocycles. The van der Waals surface area contributed by atoms with Crippen LogP contribution >= 0.6 is 0 Å². The molecule has 0 saturated heterocycles. The summed E-state index contributed by atoms with van der Waals surface area (Å²) in [4.78, 5) is 7.85. The summed E-state index contributed by atoms with van der Waals surface area (Å²) in [5, 5.41) is 13.0. The van der Waals surface area contributed by atoms with Gasteiger partial charge in [0, 0.05) is 24.0 Å². The van der Waals surface area contributed by atoms with E-state index < -0.39 is 17.2 Å². The minimum atomic E-state index is -1.50. The first kappa shape index (κ1) is 13.4. The summed E-state index contributed by atoms with van der Waals surface area (Å²) < 4.78 is 26.4. The summed E-state index contributed by atoms with van der Waals surface area (Å²) in [6.45, 7) is 1.43. The van der Waals surface area contributed by atoms with E-state index in [1.165, 1.54) is 13.0 Å². The number of aliphatic hydroxyl groups is 1. The Bertz CT molecular complexity index is 561. The number of hydrogen-bond acceptors (Lipinski definition) is 4. The third-order valence-electron chi connectivity index (χ3n) is 2.67. The van der Waals surface area contributed by atoms with Gasteiger partial charge in [-0.25, -0.2) is 18.7 Å². The summed E-state index contributed by atoms with van der Waals surface area (Å²) in [6.07, 6.45) is 3.09. The highest BCUT2D eigenvalue weighted by molar-refractivity contribution is 5.29. The zero-order valence-electron chi connectivity index (χ0n) is 10.3. The van der Waals surface area contributed by atoms with Crippen LogP contribution in [0.5, 0.6) is 0 Å². The van der Waals surface area contributed by atoms with Crippen LogP contribution in [0.1, 0.15) is 12.5 Å². The van der Waals surface area contributed by atoms with Gasteiger partial charge in [-0.05, 0) is 19.1 Å². The standard InChI is InChI=1S/C13H13F2N3O/c1-13(19,8-18-12-16-5-2-6-17-12)10-4-3-9(14)7-11(10)15/h2-7,19H,8H2,1H3,(H,16,17,18)/t13-/m0/s1. The maximum atomic E-state index is 13.6. The molecule has 0 aliphatic heterocycles. The molecule has 0 aliphatic rings. The third kappa shape index (κ3) is 3.23. The molecular weight excluding hydrogens is 252 g/mol. The molecular formula is C13H13F2N3O. The van der Waals surface area contributed by atoms with Gasteiger partial charge in [0.15, 0.2) is 0 Å². The fourth-order valence-corrected chi connectivity index (χ4v) is 1.66. The first-order valence-electron chi connectivity index (χ1n) is 5.68. The lowest BCUT2D eigenvalue weighted by Gasteiger charge is -2.24. The molecule has 1 atom stereocenters. The molecule has 6 heteroatoms. The van der Waals surface area contributed by atoms with Crippen molar-refractivity contribution in [2.24, 2.45) is 0 Å². The Hall–Kier alpha value is -2.08. The second-order valence-corrected chi connectivity index (χ2v) is 4.32. The highest BCUT2D eigenvalue weighted by atomic mass is 19.1. The molecule has 0 bridgehead atoms. The summed E-state index contributed by atoms with van der Waals surface area (Å²) in [5.41, 5.74) is -1.49. The molecule has 19 heavy (non-hydrogen) atoms. The van der Waals surface area contributed by atoms with Gasteiger partial charge >= 0.3 is 0 Å². The Labute approximate surface area is 109 Å². The first-order chi connectivity index (χ1) is 8.99. The van der Waals surface area contributed by atoms with Crippen molar-refractivity contribution in [2.75, 3.05) is 11.9 Å². The van der Waals surface area contributed by atoms with Gasteiger partial charge in [-0.3, -0.25) is 0 Å². The van der Waals surface area contributed by atoms with Gasteiger partial charge in [-0.1, -0.05) is 6.07 Å². The number of halogens is 2. The predicted octanol–water partition coefficient (Wildman–Crippen LogP) is 2.07. The average Bonchev–Trinajstić information content (AvgIpc) is 2.37. The second kappa shape index (κ2) is 5.27. The van der Waals surface area contributed by atoms with Crippen LogP contribution < -0.4 is 5.32 Å². The highest BCUT2D eigenvalue weighted by Crippen LogP contribution is 2.24. The lowest BCUT2D eigenvalue weighted by atomic mass is 9.95. The quantitative estimate of drug-likeness (QED) is 0.888. The molecule has 1 aromatic carbocycles. The van der Waals surface area contributed by atoms with Crippen LogP contribution in [0.4, 0.5) is 14.7 Å². The van der Waals surface area contributed by atoms with Gasteiger partial charge in [-0.15, -0.1) is 0 Å². The van der Waals surface area contributed by atoms with Crippen LogP contribution in [0.25, 0.3) is 0 Å². The lowest BCUT2D eigenvalue weighted by Crippen LogP contribution is -2.32. The van der Waals surface area contributed by atoms with E-state index in [0.29, 0.717) is 5.95 Å². The molecule has 1 heterocycles. The van der Waals surface area contributed by atoms with E-state index in [1.54, 1.807) is 18.5 Å². The Balaban J connectivity index is 2.13. The highest BCUT2D eigenvalue weighted by Gasteiger charge is 2.26. The summed E-state index contributed by atoms with van der Waals surface area (Å²) in [5.74, 6) is -1.15. The minimum Gasteiger partial charge on any atom is -0.383 e. The van der Waals surface area contributed by atoms with Crippen LogP contribution in [0.15, 0.2) is 36.7 Å². The van der Waals surface area contributed by atoms with Crippen molar-refractivity contribution in [1.29, 1.82) is 0 Å². The van der Waals surface area contributed by atoms with Crippen molar-refractivity contribution in [1.82, 2.24) is 9.97 Å². The molecule has 0 fully saturated rings. The van der Waals surface area contributed by atoms with Gasteiger partial charge in [-0.2, -0.15) is 0 Å². The topological polar surface area (TPSA) is 58.0 Å². The Morgan fingerprint density at radius 2 is 1.95 bits per heavy atom. The molecule has 0 aliphatic carbocycles. The molecule has 0 unspecified atom stereocenters. The van der Waals surface area contributed by atoms with Gasteiger partial charge in [0.05, 0.1) is 6.54 Å². The molecule has 2 rings (SSSR count). The number of aromatic nitrogens is 2. The number of benzene rings is 1. The lowest BCUT2D eigenvalue weighted by molar-refractivity contribution is 0.0673. The van der Waals surface area contributed by atoms with Crippen LogP contribution in [-0.2, 0) is 5.60 Å². The third-order valence-corrected chi connectivity index (χ3v) is 2.67. The van der Waals surface area contributed by atoms with Crippen LogP contribution in [0.2, 0.25) is 0 Å². The Kier molecular flexibility index (Phi) is 3.71. The maximum Gasteiger partial charge on any atom is 0.222 e. The summed E-state index contributed by atoms with van der Waals surface area (Å²) in [7, 11) is 0. The van der Waals surface area contributed by atoms with Crippen LogP contribution in [0, 0.1) is 11.6 Å². The van der Waals surface area contributed by atoms with E-state index in [2.05, 4.69) is 15.3 Å². The van der Waals surface area contributed by atoms with Gasteiger partial charge < -0.3 is 10.4 Å². The Morgan fingerprint density at radius 3 is 2.58 bits per heavy atom. The van der Waals surface area contributed by atoms with E-state index in [-0.39, 0.29) is 12.1 Å². The molecule has 0 spiro atoms. The average molecular weight is 265 g/mol. The predicted molar refractivity (Wildman–Crippen MR) is 66.5 cm³/mol. The minimum absolute atomic E-state index is 0.000431. The normalized spacial score (nSPS) is 13.9. The zero-order valence-corrected chi connectivity index (χ0v) is 10.3. The molecule has 4 nitrogen and oxygen atoms in total. The van der Waals surface area contributed by atoms with E-state index in [0.717, 1.165) is 12.1 Å². The first-order valence-corrected chi connectivity index (χ1v) is 5.68. The molecule has 0 radical (unpaired) electrons. The van der Waals surface area contributed by atoms with Gasteiger partial charge in [0.2, 0.25) is 5.95 Å². The zero-order chi connectivity index (χ0) is 13.9. The monoisotopic (exact) mass is 265 g/mol. The van der Waals surface area contributed by atoms with Crippen LogP contribution in [0.3, 0.4) is 0 Å². The van der Waals surface area contributed by atoms with E-state index in [4.69, 9.17) is 0 Å². The number of hydrogen-bond donors (Lipinski definition) is 2. The van der Waals surface area contributed by atoms with Gasteiger partial charge in [0.1, 0.15) is 17.2 Å². The summed E-state index contributed by atoms with van der Waals surface area (Å²) >= 11 is 0. The maximum absolute atomic E-state index is 13.6. The van der Waals surface area contributed by atoms with E-state index >= 15 is 0 Å². The molecule has 100 valence electrons. The van der Waals surface area contributed by atoms with Crippen molar-refractivity contribution in [3.63, 3.8) is 0 Å². The van der Waals surface area contributed by atoms with Crippen molar-refractivity contribution in [3.05, 3.63) is 53.9 Å². The van der Waals surface area contributed by atoms with Crippen LogP contribution in [-0.4, -0.2) is 21.6 Å². The SMILES string of the molecule is C[C@](O)(CNc1ncccn1)c1ccc(F)cc1F. The van der Waals surface area contributed by atoms with Crippen molar-refractivity contribution < 1.29 is 13.9 Å². The Morgan fingerprint density at radius 1 is 1.26 bits per heavy atom. The summed E-state index contributed by atoms with van der Waals surface area (Å²) in [6, 6.07) is 4.72. The van der Waals surface area contributed by atoms with Crippen molar-refractivity contribution >= 4 is 5.95 Å². The number of nitrogens with zero attached hydrogens (tertiary/aromatic N) is 2. The fourth-order valence-electron chi connectivity index (χ4n) is 1.66. The fraction of sp³-hybridized carbons (Fsp3) is 0.231. The molecule has 0 saturated carbocycles.